The topological polar surface area (TPSA) is 49.4 Å². The predicted octanol–water partition coefficient (Wildman–Crippen LogP) is 3.34. The first-order valence-electron chi connectivity index (χ1n) is 5.99. The number of nitrogens with one attached hydrogen (secondary N) is 1. The number of carbonyl (C=O) groups is 2. The fourth-order valence-corrected chi connectivity index (χ4v) is 2.41. The molecule has 6 heteroatoms. The standard InChI is InChI=1S/C14H14Cl2N2O2/c1-8(2)7-18-12(19)14(3,17-13(18)20)9-4-5-10(15)11(16)6-9/h4-6H,1,7H2,2-3H3,(H,17,20)/t14-/m0/s1. The van der Waals surface area contributed by atoms with Gasteiger partial charge in [-0.25, -0.2) is 4.79 Å². The van der Waals surface area contributed by atoms with Crippen LogP contribution in [0.2, 0.25) is 10.0 Å². The van der Waals surface area contributed by atoms with Crippen LogP contribution < -0.4 is 5.32 Å². The van der Waals surface area contributed by atoms with E-state index < -0.39 is 11.6 Å². The van der Waals surface area contributed by atoms with Gasteiger partial charge in [0.15, 0.2) is 0 Å². The van der Waals surface area contributed by atoms with Gasteiger partial charge < -0.3 is 5.32 Å². The molecule has 3 amide bonds. The largest absolute Gasteiger partial charge is 0.325 e. The molecule has 1 aromatic carbocycles. The monoisotopic (exact) mass is 312 g/mol. The van der Waals surface area contributed by atoms with Crippen molar-refractivity contribution in [3.05, 3.63) is 46.0 Å². The van der Waals surface area contributed by atoms with E-state index in [4.69, 9.17) is 23.2 Å². The third kappa shape index (κ3) is 2.41. The highest BCUT2D eigenvalue weighted by atomic mass is 35.5. The number of rotatable bonds is 3. The van der Waals surface area contributed by atoms with Gasteiger partial charge in [0.05, 0.1) is 16.6 Å². The van der Waals surface area contributed by atoms with Crippen LogP contribution in [0, 0.1) is 0 Å². The molecular weight excluding hydrogens is 299 g/mol. The predicted molar refractivity (Wildman–Crippen MR) is 78.9 cm³/mol. The highest BCUT2D eigenvalue weighted by Gasteiger charge is 2.48. The maximum absolute atomic E-state index is 12.5. The molecule has 0 saturated carbocycles. The van der Waals surface area contributed by atoms with Gasteiger partial charge >= 0.3 is 6.03 Å². The van der Waals surface area contributed by atoms with Gasteiger partial charge in [-0.2, -0.15) is 0 Å². The molecule has 0 aromatic heterocycles. The lowest BCUT2D eigenvalue weighted by Crippen LogP contribution is -2.41. The molecule has 0 aliphatic carbocycles. The zero-order valence-corrected chi connectivity index (χ0v) is 12.7. The molecule has 1 heterocycles. The summed E-state index contributed by atoms with van der Waals surface area (Å²) in [5.41, 5.74) is 0.183. The average molecular weight is 313 g/mol. The summed E-state index contributed by atoms with van der Waals surface area (Å²) >= 11 is 11.8. The second-order valence-electron chi connectivity index (χ2n) is 5.03. The summed E-state index contributed by atoms with van der Waals surface area (Å²) < 4.78 is 0. The van der Waals surface area contributed by atoms with Crippen molar-refractivity contribution in [1.82, 2.24) is 10.2 Å². The summed E-state index contributed by atoms with van der Waals surface area (Å²) in [5.74, 6) is -0.330. The first-order chi connectivity index (χ1) is 9.25. The summed E-state index contributed by atoms with van der Waals surface area (Å²) in [7, 11) is 0. The number of hydrogen-bond acceptors (Lipinski definition) is 2. The van der Waals surface area contributed by atoms with Crippen molar-refractivity contribution in [2.45, 2.75) is 19.4 Å². The Morgan fingerprint density at radius 1 is 1.35 bits per heavy atom. The van der Waals surface area contributed by atoms with E-state index in [1.165, 1.54) is 0 Å². The second-order valence-corrected chi connectivity index (χ2v) is 5.85. The van der Waals surface area contributed by atoms with Crippen LogP contribution in [0.1, 0.15) is 19.4 Å². The average Bonchev–Trinajstić information content (AvgIpc) is 2.57. The lowest BCUT2D eigenvalue weighted by atomic mass is 9.92. The van der Waals surface area contributed by atoms with Crippen LogP contribution >= 0.6 is 23.2 Å². The van der Waals surface area contributed by atoms with Crippen LogP contribution in [0.3, 0.4) is 0 Å². The Morgan fingerprint density at radius 3 is 2.55 bits per heavy atom. The normalized spacial score (nSPS) is 22.1. The number of benzene rings is 1. The van der Waals surface area contributed by atoms with Crippen LogP contribution in [-0.4, -0.2) is 23.4 Å². The molecule has 0 bridgehead atoms. The molecule has 0 radical (unpaired) electrons. The number of urea groups is 1. The van der Waals surface area contributed by atoms with Crippen LogP contribution in [0.4, 0.5) is 4.79 Å². The van der Waals surface area contributed by atoms with E-state index in [2.05, 4.69) is 11.9 Å². The van der Waals surface area contributed by atoms with Gasteiger partial charge in [0.2, 0.25) is 0 Å². The smallest absolute Gasteiger partial charge is 0.319 e. The Morgan fingerprint density at radius 2 is 2.00 bits per heavy atom. The molecule has 1 aliphatic rings. The number of carbonyl (C=O) groups excluding carboxylic acids is 2. The van der Waals surface area contributed by atoms with Crippen LogP contribution in [0.15, 0.2) is 30.4 Å². The summed E-state index contributed by atoms with van der Waals surface area (Å²) in [4.78, 5) is 25.6. The van der Waals surface area contributed by atoms with Crippen LogP contribution in [0.25, 0.3) is 0 Å². The van der Waals surface area contributed by atoms with Crippen molar-refractivity contribution < 1.29 is 9.59 Å². The third-order valence-electron chi connectivity index (χ3n) is 3.20. The summed E-state index contributed by atoms with van der Waals surface area (Å²) in [5, 5.41) is 3.43. The molecule has 1 N–H and O–H groups in total. The first kappa shape index (κ1) is 14.9. The van der Waals surface area contributed by atoms with Gasteiger partial charge in [0.1, 0.15) is 5.54 Å². The Bertz CT molecular complexity index is 615. The van der Waals surface area contributed by atoms with E-state index in [0.29, 0.717) is 15.6 Å². The number of nitrogens with zero attached hydrogens (tertiary/aromatic N) is 1. The van der Waals surface area contributed by atoms with Crippen molar-refractivity contribution in [2.24, 2.45) is 0 Å². The van der Waals surface area contributed by atoms with Crippen LogP contribution in [0.5, 0.6) is 0 Å². The lowest BCUT2D eigenvalue weighted by molar-refractivity contribution is -0.130. The van der Waals surface area contributed by atoms with Gasteiger partial charge in [-0.1, -0.05) is 41.4 Å². The molecule has 1 atom stereocenters. The fourth-order valence-electron chi connectivity index (χ4n) is 2.11. The number of imide groups is 1. The number of amides is 3. The van der Waals surface area contributed by atoms with Crippen molar-refractivity contribution in [3.63, 3.8) is 0 Å². The van der Waals surface area contributed by atoms with E-state index in [1.54, 1.807) is 32.0 Å². The maximum Gasteiger partial charge on any atom is 0.325 e. The molecule has 2 rings (SSSR count). The Kier molecular flexibility index (Phi) is 3.80. The van der Waals surface area contributed by atoms with Crippen LogP contribution in [-0.2, 0) is 10.3 Å². The molecule has 0 spiro atoms. The Labute approximate surface area is 127 Å². The molecular formula is C14H14Cl2N2O2. The zero-order chi connectivity index (χ0) is 15.1. The molecule has 1 fully saturated rings. The highest BCUT2D eigenvalue weighted by molar-refractivity contribution is 6.42. The first-order valence-corrected chi connectivity index (χ1v) is 6.75. The molecule has 4 nitrogen and oxygen atoms in total. The van der Waals surface area contributed by atoms with E-state index in [1.807, 2.05) is 0 Å². The summed E-state index contributed by atoms with van der Waals surface area (Å²) in [6.45, 7) is 7.32. The maximum atomic E-state index is 12.5. The van der Waals surface area contributed by atoms with Gasteiger partial charge in [-0.3, -0.25) is 9.69 Å². The highest BCUT2D eigenvalue weighted by Crippen LogP contribution is 2.33. The van der Waals surface area contributed by atoms with E-state index >= 15 is 0 Å². The van der Waals surface area contributed by atoms with Gasteiger partial charge in [0, 0.05) is 0 Å². The summed E-state index contributed by atoms with van der Waals surface area (Å²) in [6, 6.07) is 4.43. The minimum atomic E-state index is -1.14. The number of halogens is 2. The zero-order valence-electron chi connectivity index (χ0n) is 11.2. The molecule has 1 saturated heterocycles. The SMILES string of the molecule is C=C(C)CN1C(=O)N[C@@](C)(c2ccc(Cl)c(Cl)c2)C1=O. The van der Waals surface area contributed by atoms with Gasteiger partial charge in [-0.05, 0) is 31.5 Å². The molecule has 106 valence electrons. The molecule has 1 aromatic rings. The van der Waals surface area contributed by atoms with Crippen molar-refractivity contribution in [2.75, 3.05) is 6.54 Å². The van der Waals surface area contributed by atoms with E-state index in [-0.39, 0.29) is 12.5 Å². The second kappa shape index (κ2) is 5.11. The van der Waals surface area contributed by atoms with Gasteiger partial charge in [0.25, 0.3) is 5.91 Å². The minimum Gasteiger partial charge on any atom is -0.319 e. The van der Waals surface area contributed by atoms with Crippen molar-refractivity contribution in [3.8, 4) is 0 Å². The lowest BCUT2D eigenvalue weighted by Gasteiger charge is -2.22. The third-order valence-corrected chi connectivity index (χ3v) is 3.94. The Balaban J connectivity index is 2.40. The minimum absolute atomic E-state index is 0.196. The molecule has 20 heavy (non-hydrogen) atoms. The summed E-state index contributed by atoms with van der Waals surface area (Å²) in [6.07, 6.45) is 0. The molecule has 0 unspecified atom stereocenters. The van der Waals surface area contributed by atoms with E-state index in [0.717, 1.165) is 10.5 Å². The Hall–Kier alpha value is -1.52. The quantitative estimate of drug-likeness (QED) is 0.687. The fraction of sp³-hybridized carbons (Fsp3) is 0.286. The number of hydrogen-bond donors (Lipinski definition) is 1. The van der Waals surface area contributed by atoms with E-state index in [9.17, 15) is 9.59 Å². The van der Waals surface area contributed by atoms with Crippen molar-refractivity contribution in [1.29, 1.82) is 0 Å². The van der Waals surface area contributed by atoms with Gasteiger partial charge in [-0.15, -0.1) is 0 Å². The van der Waals surface area contributed by atoms with Crippen molar-refractivity contribution >= 4 is 35.1 Å². The molecule has 1 aliphatic heterocycles.